The van der Waals surface area contributed by atoms with Crippen molar-refractivity contribution in [3.8, 4) is 0 Å². The number of benzene rings is 2. The predicted molar refractivity (Wildman–Crippen MR) is 139 cm³/mol. The predicted octanol–water partition coefficient (Wildman–Crippen LogP) is 4.73. The summed E-state index contributed by atoms with van der Waals surface area (Å²) in [4.78, 5) is 33.0. The molecule has 2 aliphatic heterocycles. The fourth-order valence-corrected chi connectivity index (χ4v) is 5.95. The van der Waals surface area contributed by atoms with Crippen molar-refractivity contribution in [2.24, 2.45) is 5.92 Å². The van der Waals surface area contributed by atoms with E-state index in [1.165, 1.54) is 50.9 Å². The average Bonchev–Trinajstić information content (AvgIpc) is 3.19. The van der Waals surface area contributed by atoms with Crippen LogP contribution in [0.2, 0.25) is 5.02 Å². The minimum atomic E-state index is -0.166. The zero-order chi connectivity index (χ0) is 24.0. The fourth-order valence-electron chi connectivity index (χ4n) is 5.77. The van der Waals surface area contributed by atoms with Crippen molar-refractivity contribution < 1.29 is 9.59 Å². The number of rotatable bonds is 7. The average molecular weight is 491 g/mol. The number of likely N-dealkylation sites (tertiary alicyclic amines) is 1. The summed E-state index contributed by atoms with van der Waals surface area (Å²) in [6, 6.07) is 16.0. The summed E-state index contributed by atoms with van der Waals surface area (Å²) in [7, 11) is 0. The number of nitrogens with one attached hydrogen (secondary N) is 2. The quantitative estimate of drug-likeness (QED) is 0.503. The van der Waals surface area contributed by atoms with Crippen LogP contribution in [-0.4, -0.2) is 54.4 Å². The van der Waals surface area contributed by atoms with Gasteiger partial charge in [-0.05, 0) is 74.7 Å². The Hall–Kier alpha value is -2.83. The first kappa shape index (κ1) is 22.6. The Morgan fingerprint density at radius 2 is 1.86 bits per heavy atom. The van der Waals surface area contributed by atoms with Crippen LogP contribution in [0, 0.1) is 5.92 Å². The molecule has 1 atom stereocenters. The molecule has 2 N–H and O–H groups in total. The maximum atomic E-state index is 12.8. The van der Waals surface area contributed by atoms with Crippen LogP contribution in [0.5, 0.6) is 0 Å². The second-order valence-corrected chi connectivity index (χ2v) is 10.9. The number of aromatic nitrogens is 1. The Labute approximate surface area is 210 Å². The molecular formula is C28H31ClN4O2. The largest absolute Gasteiger partial charge is 0.350 e. The van der Waals surface area contributed by atoms with Crippen molar-refractivity contribution in [3.63, 3.8) is 0 Å². The highest BCUT2D eigenvalue weighted by Crippen LogP contribution is 2.49. The smallest absolute Gasteiger partial charge is 0.267 e. The first-order valence-electron chi connectivity index (χ1n) is 12.7. The molecule has 1 unspecified atom stereocenters. The number of nitrogens with zero attached hydrogens (tertiary/aromatic N) is 2. The second kappa shape index (κ2) is 8.99. The molecule has 6 rings (SSSR count). The van der Waals surface area contributed by atoms with Crippen LogP contribution in [0.3, 0.4) is 0 Å². The van der Waals surface area contributed by atoms with Gasteiger partial charge in [-0.1, -0.05) is 29.8 Å². The molecule has 1 aromatic heterocycles. The first-order chi connectivity index (χ1) is 17.0. The van der Waals surface area contributed by atoms with E-state index in [0.29, 0.717) is 35.6 Å². The number of hydrogen-bond acceptors (Lipinski definition) is 3. The van der Waals surface area contributed by atoms with E-state index in [1.54, 1.807) is 0 Å². The SMILES string of the molecule is O=C(NCC1CC(=O)N(c2ccc(C3(CN4CCCC4)CC3)cc2)C1)c1cc2ccc(Cl)cc2[nH]1. The van der Waals surface area contributed by atoms with Crippen LogP contribution in [-0.2, 0) is 10.2 Å². The molecule has 2 amide bonds. The lowest BCUT2D eigenvalue weighted by Crippen LogP contribution is -2.31. The van der Waals surface area contributed by atoms with E-state index in [1.807, 2.05) is 29.2 Å². The maximum absolute atomic E-state index is 12.8. The summed E-state index contributed by atoms with van der Waals surface area (Å²) < 4.78 is 0. The van der Waals surface area contributed by atoms with Gasteiger partial charge in [-0.2, -0.15) is 0 Å². The molecule has 3 fully saturated rings. The molecule has 7 heteroatoms. The van der Waals surface area contributed by atoms with Gasteiger partial charge < -0.3 is 20.1 Å². The molecule has 35 heavy (non-hydrogen) atoms. The zero-order valence-electron chi connectivity index (χ0n) is 19.9. The molecule has 2 saturated heterocycles. The van der Waals surface area contributed by atoms with Crippen LogP contribution >= 0.6 is 11.6 Å². The number of anilines is 1. The van der Waals surface area contributed by atoms with Gasteiger partial charge >= 0.3 is 0 Å². The summed E-state index contributed by atoms with van der Waals surface area (Å²) in [5, 5.41) is 4.56. The van der Waals surface area contributed by atoms with Gasteiger partial charge in [0.05, 0.1) is 0 Å². The highest BCUT2D eigenvalue weighted by molar-refractivity contribution is 6.31. The normalized spacial score (nSPS) is 21.7. The van der Waals surface area contributed by atoms with Crippen molar-refractivity contribution in [1.82, 2.24) is 15.2 Å². The first-order valence-corrected chi connectivity index (χ1v) is 13.1. The van der Waals surface area contributed by atoms with Crippen molar-refractivity contribution in [1.29, 1.82) is 0 Å². The van der Waals surface area contributed by atoms with E-state index >= 15 is 0 Å². The summed E-state index contributed by atoms with van der Waals surface area (Å²) in [5.41, 5.74) is 4.02. The Morgan fingerprint density at radius 3 is 2.60 bits per heavy atom. The summed E-state index contributed by atoms with van der Waals surface area (Å²) in [5.74, 6) is 0.0469. The molecule has 0 radical (unpaired) electrons. The monoisotopic (exact) mass is 490 g/mol. The minimum absolute atomic E-state index is 0.0925. The molecule has 1 saturated carbocycles. The Kier molecular flexibility index (Phi) is 5.81. The third-order valence-electron chi connectivity index (χ3n) is 7.96. The maximum Gasteiger partial charge on any atom is 0.267 e. The number of hydrogen-bond donors (Lipinski definition) is 2. The summed E-state index contributed by atoms with van der Waals surface area (Å²) in [6.07, 6.45) is 5.62. The lowest BCUT2D eigenvalue weighted by Gasteiger charge is -2.24. The van der Waals surface area contributed by atoms with E-state index in [0.717, 1.165) is 16.6 Å². The van der Waals surface area contributed by atoms with E-state index in [9.17, 15) is 9.59 Å². The molecule has 3 heterocycles. The highest BCUT2D eigenvalue weighted by Gasteiger charge is 2.45. The third-order valence-corrected chi connectivity index (χ3v) is 8.19. The Balaban J connectivity index is 1.06. The number of carbonyl (C=O) groups excluding carboxylic acids is 2. The lowest BCUT2D eigenvalue weighted by atomic mass is 9.95. The molecular weight excluding hydrogens is 460 g/mol. The van der Waals surface area contributed by atoms with Gasteiger partial charge in [0.25, 0.3) is 5.91 Å². The van der Waals surface area contributed by atoms with Gasteiger partial charge in [0, 0.05) is 59.0 Å². The molecule has 3 aliphatic rings. The molecule has 6 nitrogen and oxygen atoms in total. The Bertz CT molecular complexity index is 1260. The van der Waals surface area contributed by atoms with Crippen molar-refractivity contribution in [3.05, 3.63) is 64.8 Å². The summed E-state index contributed by atoms with van der Waals surface area (Å²) >= 11 is 6.04. The van der Waals surface area contributed by atoms with Crippen molar-refractivity contribution >= 4 is 40.0 Å². The van der Waals surface area contributed by atoms with Crippen LogP contribution < -0.4 is 10.2 Å². The van der Waals surface area contributed by atoms with Gasteiger partial charge in [0.2, 0.25) is 5.91 Å². The molecule has 2 aromatic carbocycles. The van der Waals surface area contributed by atoms with Crippen LogP contribution in [0.1, 0.15) is 48.2 Å². The molecule has 0 bridgehead atoms. The van der Waals surface area contributed by atoms with Crippen molar-refractivity contribution in [2.75, 3.05) is 37.6 Å². The van der Waals surface area contributed by atoms with Crippen LogP contribution in [0.25, 0.3) is 10.9 Å². The van der Waals surface area contributed by atoms with Gasteiger partial charge in [-0.15, -0.1) is 0 Å². The van der Waals surface area contributed by atoms with E-state index in [-0.39, 0.29) is 17.7 Å². The lowest BCUT2D eigenvalue weighted by molar-refractivity contribution is -0.117. The van der Waals surface area contributed by atoms with Gasteiger partial charge in [-0.3, -0.25) is 9.59 Å². The van der Waals surface area contributed by atoms with E-state index in [2.05, 4.69) is 39.5 Å². The molecule has 1 aliphatic carbocycles. The fraction of sp³-hybridized carbons (Fsp3) is 0.429. The van der Waals surface area contributed by atoms with Crippen molar-refractivity contribution in [2.45, 2.75) is 37.5 Å². The number of aromatic amines is 1. The highest BCUT2D eigenvalue weighted by atomic mass is 35.5. The van der Waals surface area contributed by atoms with Crippen LogP contribution in [0.15, 0.2) is 48.5 Å². The van der Waals surface area contributed by atoms with Gasteiger partial charge in [0.1, 0.15) is 5.69 Å². The number of amides is 2. The van der Waals surface area contributed by atoms with Gasteiger partial charge in [-0.25, -0.2) is 0 Å². The second-order valence-electron chi connectivity index (χ2n) is 10.5. The number of halogens is 1. The molecule has 3 aromatic rings. The Morgan fingerprint density at radius 1 is 1.09 bits per heavy atom. The standard InChI is InChI=1S/C28H31ClN4O2/c29-22-6-3-20-14-25(31-24(20)15-22)27(35)30-16-19-13-26(34)33(17-19)23-7-4-21(5-8-23)28(9-10-28)18-32-11-1-2-12-32/h3-8,14-15,19,31H,1-2,9-13,16-18H2,(H,30,35). The van der Waals surface area contributed by atoms with E-state index < -0.39 is 0 Å². The van der Waals surface area contributed by atoms with E-state index in [4.69, 9.17) is 11.6 Å². The molecule has 0 spiro atoms. The van der Waals surface area contributed by atoms with Gasteiger partial charge in [0.15, 0.2) is 0 Å². The number of fused-ring (bicyclic) bond motifs is 1. The number of H-pyrrole nitrogens is 1. The minimum Gasteiger partial charge on any atom is -0.350 e. The summed E-state index contributed by atoms with van der Waals surface area (Å²) in [6.45, 7) is 4.72. The zero-order valence-corrected chi connectivity index (χ0v) is 20.6. The van der Waals surface area contributed by atoms with Crippen LogP contribution in [0.4, 0.5) is 5.69 Å². The molecule has 182 valence electrons. The number of carbonyl (C=O) groups is 2. The topological polar surface area (TPSA) is 68.4 Å². The third kappa shape index (κ3) is 4.57.